The minimum atomic E-state index is -0.322. The summed E-state index contributed by atoms with van der Waals surface area (Å²) in [5, 5.41) is 9.95. The third-order valence-corrected chi connectivity index (χ3v) is 5.11. The number of hydrogen-bond donors (Lipinski definition) is 2. The van der Waals surface area contributed by atoms with E-state index in [1.807, 2.05) is 18.9 Å². The number of nitrogens with zero attached hydrogens (tertiary/aromatic N) is 4. The number of ether oxygens (including phenoxy) is 1. The monoisotopic (exact) mass is 386 g/mol. The van der Waals surface area contributed by atoms with Crippen LogP contribution in [0.25, 0.3) is 0 Å². The summed E-state index contributed by atoms with van der Waals surface area (Å²) in [6.07, 6.45) is 5.40. The number of hydrogen-bond acceptors (Lipinski definition) is 5. The third kappa shape index (κ3) is 4.30. The number of carbonyl (C=O) groups is 2. The highest BCUT2D eigenvalue weighted by atomic mass is 16.5. The number of amides is 3. The third-order valence-electron chi connectivity index (χ3n) is 5.11. The van der Waals surface area contributed by atoms with E-state index in [-0.39, 0.29) is 23.9 Å². The minimum Gasteiger partial charge on any atom is -0.383 e. The van der Waals surface area contributed by atoms with Crippen LogP contribution < -0.4 is 10.6 Å². The molecule has 3 amide bonds. The molecule has 0 aliphatic carbocycles. The predicted molar refractivity (Wildman–Crippen MR) is 104 cm³/mol. The fraction of sp³-hybridized carbons (Fsp3) is 0.474. The second-order valence-electron chi connectivity index (χ2n) is 6.87. The van der Waals surface area contributed by atoms with Gasteiger partial charge in [0.1, 0.15) is 0 Å². The van der Waals surface area contributed by atoms with E-state index in [0.717, 1.165) is 11.3 Å². The van der Waals surface area contributed by atoms with E-state index < -0.39 is 0 Å². The van der Waals surface area contributed by atoms with Gasteiger partial charge in [-0.1, -0.05) is 0 Å². The summed E-state index contributed by atoms with van der Waals surface area (Å²) in [7, 11) is 3.50. The second-order valence-corrected chi connectivity index (χ2v) is 6.87. The number of rotatable bonds is 7. The quantitative estimate of drug-likeness (QED) is 0.751. The lowest BCUT2D eigenvalue weighted by Gasteiger charge is -2.28. The molecule has 2 atom stereocenters. The Hall–Kier alpha value is -2.94. The van der Waals surface area contributed by atoms with E-state index in [2.05, 4.69) is 20.7 Å². The van der Waals surface area contributed by atoms with Crippen molar-refractivity contribution in [3.05, 3.63) is 42.0 Å². The van der Waals surface area contributed by atoms with Crippen LogP contribution in [0.3, 0.4) is 0 Å². The van der Waals surface area contributed by atoms with Crippen molar-refractivity contribution in [2.24, 2.45) is 13.0 Å². The number of pyridine rings is 1. The summed E-state index contributed by atoms with van der Waals surface area (Å²) in [5.41, 5.74) is 2.62. The Morgan fingerprint density at radius 2 is 2.21 bits per heavy atom. The summed E-state index contributed by atoms with van der Waals surface area (Å²) in [4.78, 5) is 30.7. The maximum Gasteiger partial charge on any atom is 0.319 e. The molecule has 0 aromatic carbocycles. The molecule has 9 heteroatoms. The molecule has 0 unspecified atom stereocenters. The normalized spacial score (nSPS) is 19.1. The number of urea groups is 1. The van der Waals surface area contributed by atoms with Crippen LogP contribution in [0, 0.1) is 12.8 Å². The Labute approximate surface area is 164 Å². The molecule has 3 rings (SSSR count). The molecule has 2 aromatic rings. The van der Waals surface area contributed by atoms with Gasteiger partial charge in [0.25, 0.3) is 0 Å². The first kappa shape index (κ1) is 19.8. The number of carbonyl (C=O) groups excluding carboxylic acids is 2. The molecular formula is C19H26N6O3. The second kappa shape index (κ2) is 8.83. The van der Waals surface area contributed by atoms with Crippen LogP contribution in [0.1, 0.15) is 23.7 Å². The molecule has 150 valence electrons. The number of likely N-dealkylation sites (tertiary alicyclic amines) is 1. The van der Waals surface area contributed by atoms with Crippen LogP contribution in [-0.2, 0) is 16.6 Å². The van der Waals surface area contributed by atoms with Crippen LogP contribution in [0.2, 0.25) is 0 Å². The van der Waals surface area contributed by atoms with Crippen molar-refractivity contribution in [3.8, 4) is 0 Å². The van der Waals surface area contributed by atoms with Gasteiger partial charge in [0, 0.05) is 57.0 Å². The lowest BCUT2D eigenvalue weighted by atomic mass is 9.94. The Bertz CT molecular complexity index is 822. The fourth-order valence-corrected chi connectivity index (χ4v) is 3.56. The van der Waals surface area contributed by atoms with Gasteiger partial charge in [-0.25, -0.2) is 4.79 Å². The summed E-state index contributed by atoms with van der Waals surface area (Å²) >= 11 is 0. The molecule has 0 saturated carbocycles. The smallest absolute Gasteiger partial charge is 0.319 e. The van der Waals surface area contributed by atoms with Crippen molar-refractivity contribution in [3.63, 3.8) is 0 Å². The van der Waals surface area contributed by atoms with Crippen molar-refractivity contribution in [2.75, 3.05) is 32.1 Å². The van der Waals surface area contributed by atoms with E-state index >= 15 is 0 Å². The van der Waals surface area contributed by atoms with Gasteiger partial charge in [0.2, 0.25) is 5.91 Å². The molecule has 3 heterocycles. The maximum absolute atomic E-state index is 12.6. The largest absolute Gasteiger partial charge is 0.383 e. The molecule has 9 nitrogen and oxygen atoms in total. The standard InChI is InChI=1S/C19H26N6O3/c1-13-16(12-22-24(13)2)18-14(9-17(26)25(18)7-8-28-3)10-21-19(27)23-15-5-4-6-20-11-15/h4-6,11-12,14,18H,7-10H2,1-3H3,(H2,21,23,27)/t14-,18+/m1/s1. The topological polar surface area (TPSA) is 101 Å². The molecule has 1 aliphatic rings. The maximum atomic E-state index is 12.6. The van der Waals surface area contributed by atoms with Crippen molar-refractivity contribution in [1.29, 1.82) is 0 Å². The van der Waals surface area contributed by atoms with Gasteiger partial charge >= 0.3 is 6.03 Å². The molecule has 2 N–H and O–H groups in total. The Balaban J connectivity index is 1.71. The number of nitrogens with one attached hydrogen (secondary N) is 2. The summed E-state index contributed by atoms with van der Waals surface area (Å²) in [6, 6.07) is 3.05. The molecule has 0 spiro atoms. The molecule has 0 radical (unpaired) electrons. The SMILES string of the molecule is COCCN1C(=O)C[C@H](CNC(=O)Nc2cccnc2)[C@H]1c1cnn(C)c1C. The van der Waals surface area contributed by atoms with Gasteiger partial charge < -0.3 is 20.3 Å². The number of methoxy groups -OCH3 is 1. The number of aryl methyl sites for hydroxylation is 1. The first-order chi connectivity index (χ1) is 13.5. The number of aromatic nitrogens is 3. The van der Waals surface area contributed by atoms with Crippen LogP contribution in [0.15, 0.2) is 30.7 Å². The van der Waals surface area contributed by atoms with Crippen molar-refractivity contribution < 1.29 is 14.3 Å². The Morgan fingerprint density at radius 1 is 1.39 bits per heavy atom. The highest BCUT2D eigenvalue weighted by Gasteiger charge is 2.41. The van der Waals surface area contributed by atoms with Crippen molar-refractivity contribution in [1.82, 2.24) is 25.0 Å². The average Bonchev–Trinajstić information content (AvgIpc) is 3.18. The predicted octanol–water partition coefficient (Wildman–Crippen LogP) is 1.48. The van der Waals surface area contributed by atoms with E-state index in [1.54, 1.807) is 42.5 Å². The molecule has 28 heavy (non-hydrogen) atoms. The summed E-state index contributed by atoms with van der Waals surface area (Å²) in [6.45, 7) is 3.33. The zero-order valence-corrected chi connectivity index (χ0v) is 16.4. The highest BCUT2D eigenvalue weighted by Crippen LogP contribution is 2.38. The minimum absolute atomic E-state index is 0.0492. The van der Waals surface area contributed by atoms with Crippen molar-refractivity contribution >= 4 is 17.6 Å². The lowest BCUT2D eigenvalue weighted by molar-refractivity contribution is -0.129. The first-order valence-corrected chi connectivity index (χ1v) is 9.23. The van der Waals surface area contributed by atoms with Gasteiger partial charge in [-0.05, 0) is 19.1 Å². The average molecular weight is 386 g/mol. The molecule has 1 aliphatic heterocycles. The van der Waals surface area contributed by atoms with Gasteiger partial charge in [0.05, 0.1) is 30.7 Å². The van der Waals surface area contributed by atoms with Crippen LogP contribution >= 0.6 is 0 Å². The molecule has 0 bridgehead atoms. The van der Waals surface area contributed by atoms with Gasteiger partial charge in [0.15, 0.2) is 0 Å². The zero-order valence-electron chi connectivity index (χ0n) is 16.4. The Morgan fingerprint density at radius 3 is 2.86 bits per heavy atom. The van der Waals surface area contributed by atoms with E-state index in [4.69, 9.17) is 4.74 Å². The number of anilines is 1. The van der Waals surface area contributed by atoms with Gasteiger partial charge in [-0.2, -0.15) is 5.10 Å². The molecule has 2 aromatic heterocycles. The first-order valence-electron chi connectivity index (χ1n) is 9.23. The van der Waals surface area contributed by atoms with E-state index in [0.29, 0.717) is 31.8 Å². The Kier molecular flexibility index (Phi) is 6.25. The van der Waals surface area contributed by atoms with Crippen molar-refractivity contribution in [2.45, 2.75) is 19.4 Å². The highest BCUT2D eigenvalue weighted by molar-refractivity contribution is 5.89. The zero-order chi connectivity index (χ0) is 20.1. The van der Waals surface area contributed by atoms with Gasteiger partial charge in [-0.3, -0.25) is 14.5 Å². The molecule has 1 saturated heterocycles. The van der Waals surface area contributed by atoms with Gasteiger partial charge in [-0.15, -0.1) is 0 Å². The van der Waals surface area contributed by atoms with Crippen LogP contribution in [0.5, 0.6) is 0 Å². The van der Waals surface area contributed by atoms with Crippen LogP contribution in [-0.4, -0.2) is 58.4 Å². The molecule has 1 fully saturated rings. The molecular weight excluding hydrogens is 360 g/mol. The summed E-state index contributed by atoms with van der Waals surface area (Å²) in [5.74, 6) is 0.0108. The summed E-state index contributed by atoms with van der Waals surface area (Å²) < 4.78 is 6.97. The van der Waals surface area contributed by atoms with E-state index in [9.17, 15) is 9.59 Å². The lowest BCUT2D eigenvalue weighted by Crippen LogP contribution is -2.37. The van der Waals surface area contributed by atoms with E-state index in [1.165, 1.54) is 0 Å². The fourth-order valence-electron chi connectivity index (χ4n) is 3.56. The van der Waals surface area contributed by atoms with Crippen LogP contribution in [0.4, 0.5) is 10.5 Å².